The van der Waals surface area contributed by atoms with E-state index in [9.17, 15) is 9.90 Å². The molecule has 0 unspecified atom stereocenters. The van der Waals surface area contributed by atoms with Crippen LogP contribution in [0.25, 0.3) is 0 Å². The van der Waals surface area contributed by atoms with Gasteiger partial charge in [0.1, 0.15) is 17.7 Å². The summed E-state index contributed by atoms with van der Waals surface area (Å²) in [7, 11) is 0. The van der Waals surface area contributed by atoms with Crippen LogP contribution in [0.2, 0.25) is 0 Å². The Hall–Kier alpha value is -3.47. The number of anilines is 2. The summed E-state index contributed by atoms with van der Waals surface area (Å²) in [6.07, 6.45) is -0.383. The quantitative estimate of drug-likeness (QED) is 0.716. The van der Waals surface area contributed by atoms with Gasteiger partial charge in [-0.2, -0.15) is 0 Å². The summed E-state index contributed by atoms with van der Waals surface area (Å²) in [5.74, 6) is 0.876. The second-order valence-corrected chi connectivity index (χ2v) is 6.29. The number of phenolic OH excluding ortho intramolecular Hbond substituents is 1. The molecule has 27 heavy (non-hydrogen) atoms. The number of amides is 1. The van der Waals surface area contributed by atoms with Crippen molar-refractivity contribution in [2.24, 2.45) is 0 Å². The van der Waals surface area contributed by atoms with E-state index in [1.165, 1.54) is 0 Å². The lowest BCUT2D eigenvalue weighted by molar-refractivity contribution is 0.0975. The van der Waals surface area contributed by atoms with Crippen molar-refractivity contribution in [3.05, 3.63) is 83.9 Å². The minimum atomic E-state index is -0.383. The molecular weight excluding hydrogens is 340 g/mol. The minimum Gasteiger partial charge on any atom is -0.508 e. The number of hydrogen-bond donors (Lipinski definition) is 2. The van der Waals surface area contributed by atoms with E-state index >= 15 is 0 Å². The number of para-hydroxylation sites is 1. The zero-order valence-electron chi connectivity index (χ0n) is 14.9. The van der Waals surface area contributed by atoms with E-state index in [1.54, 1.807) is 17.0 Å². The normalized spacial score (nSPS) is 15.8. The Bertz CT molecular complexity index is 952. The number of ether oxygens (including phenoxy) is 1. The van der Waals surface area contributed by atoms with Crippen LogP contribution in [0.5, 0.6) is 11.5 Å². The monoisotopic (exact) mass is 360 g/mol. The molecule has 0 radical (unpaired) electrons. The first-order chi connectivity index (χ1) is 13.2. The molecule has 1 heterocycles. The predicted molar refractivity (Wildman–Crippen MR) is 105 cm³/mol. The van der Waals surface area contributed by atoms with Crippen LogP contribution in [-0.4, -0.2) is 17.6 Å². The van der Waals surface area contributed by atoms with Crippen LogP contribution >= 0.6 is 0 Å². The molecule has 0 fully saturated rings. The minimum absolute atomic E-state index is 0.0772. The van der Waals surface area contributed by atoms with Gasteiger partial charge in [0, 0.05) is 11.4 Å². The summed E-state index contributed by atoms with van der Waals surface area (Å²) in [5, 5.41) is 13.1. The van der Waals surface area contributed by atoms with Gasteiger partial charge in [-0.25, -0.2) is 0 Å². The molecule has 5 nitrogen and oxygen atoms in total. The van der Waals surface area contributed by atoms with Gasteiger partial charge >= 0.3 is 0 Å². The fourth-order valence-electron chi connectivity index (χ4n) is 3.28. The van der Waals surface area contributed by atoms with Crippen molar-refractivity contribution in [1.82, 2.24) is 0 Å². The fraction of sp³-hybridized carbons (Fsp3) is 0.136. The summed E-state index contributed by atoms with van der Waals surface area (Å²) in [4.78, 5) is 15.0. The predicted octanol–water partition coefficient (Wildman–Crippen LogP) is 4.56. The molecule has 1 aliphatic rings. The van der Waals surface area contributed by atoms with Crippen LogP contribution < -0.4 is 15.0 Å². The molecule has 0 aliphatic carbocycles. The number of nitrogens with zero attached hydrogens (tertiary/aromatic N) is 1. The summed E-state index contributed by atoms with van der Waals surface area (Å²) in [6.45, 7) is 2.52. The van der Waals surface area contributed by atoms with Crippen LogP contribution in [0.4, 0.5) is 11.4 Å². The topological polar surface area (TPSA) is 61.8 Å². The lowest BCUT2D eigenvalue weighted by atomic mass is 10.0. The maximum atomic E-state index is 13.3. The Balaban J connectivity index is 1.79. The van der Waals surface area contributed by atoms with Gasteiger partial charge in [0.2, 0.25) is 0 Å². The van der Waals surface area contributed by atoms with Crippen molar-refractivity contribution in [3.8, 4) is 11.5 Å². The molecule has 1 atom stereocenters. The number of carbonyl (C=O) groups is 1. The smallest absolute Gasteiger partial charge is 0.262 e. The first kappa shape index (κ1) is 17.0. The Kier molecular flexibility index (Phi) is 4.42. The second-order valence-electron chi connectivity index (χ2n) is 6.29. The molecule has 2 N–H and O–H groups in total. The highest BCUT2D eigenvalue weighted by molar-refractivity contribution is 6.12. The van der Waals surface area contributed by atoms with Crippen LogP contribution in [0.15, 0.2) is 72.8 Å². The highest BCUT2D eigenvalue weighted by atomic mass is 16.5. The van der Waals surface area contributed by atoms with Gasteiger partial charge in [-0.3, -0.25) is 9.69 Å². The molecule has 0 bridgehead atoms. The van der Waals surface area contributed by atoms with E-state index in [2.05, 4.69) is 5.32 Å². The highest BCUT2D eigenvalue weighted by Crippen LogP contribution is 2.37. The van der Waals surface area contributed by atoms with E-state index in [4.69, 9.17) is 4.74 Å². The van der Waals surface area contributed by atoms with Crippen molar-refractivity contribution in [2.45, 2.75) is 13.1 Å². The van der Waals surface area contributed by atoms with E-state index in [0.717, 1.165) is 22.7 Å². The third kappa shape index (κ3) is 3.19. The third-order valence-corrected chi connectivity index (χ3v) is 4.56. The molecule has 136 valence electrons. The first-order valence-electron chi connectivity index (χ1n) is 8.88. The maximum absolute atomic E-state index is 13.3. The molecule has 0 saturated heterocycles. The zero-order valence-corrected chi connectivity index (χ0v) is 14.9. The largest absolute Gasteiger partial charge is 0.508 e. The van der Waals surface area contributed by atoms with Crippen LogP contribution in [0.1, 0.15) is 29.0 Å². The lowest BCUT2D eigenvalue weighted by Gasteiger charge is -2.38. The average Bonchev–Trinajstić information content (AvgIpc) is 2.70. The molecule has 3 aromatic carbocycles. The molecule has 5 heteroatoms. The second kappa shape index (κ2) is 7.03. The SMILES string of the molecule is CCOc1ccc(N2C(=O)c3ccccc3N[C@H]2c2ccc(O)cc2)cc1. The molecule has 0 spiro atoms. The summed E-state index contributed by atoms with van der Waals surface area (Å²) in [6, 6.07) is 21.8. The van der Waals surface area contributed by atoms with Crippen molar-refractivity contribution in [1.29, 1.82) is 0 Å². The molecule has 4 rings (SSSR count). The van der Waals surface area contributed by atoms with E-state index in [-0.39, 0.29) is 17.8 Å². The standard InChI is InChI=1S/C22H20N2O3/c1-2-27-18-13-9-16(10-14-18)24-21(15-7-11-17(25)12-8-15)23-20-6-4-3-5-19(20)22(24)26/h3-14,21,23,25H,2H2,1H3/t21-/m1/s1. The summed E-state index contributed by atoms with van der Waals surface area (Å²) >= 11 is 0. The maximum Gasteiger partial charge on any atom is 0.262 e. The van der Waals surface area contributed by atoms with Crippen molar-refractivity contribution in [2.75, 3.05) is 16.8 Å². The molecule has 1 amide bonds. The van der Waals surface area contributed by atoms with Crippen LogP contribution in [0.3, 0.4) is 0 Å². The van der Waals surface area contributed by atoms with Gasteiger partial charge in [-0.15, -0.1) is 0 Å². The van der Waals surface area contributed by atoms with Crippen molar-refractivity contribution < 1.29 is 14.6 Å². The van der Waals surface area contributed by atoms with Gasteiger partial charge in [-0.1, -0.05) is 24.3 Å². The third-order valence-electron chi connectivity index (χ3n) is 4.56. The summed E-state index contributed by atoms with van der Waals surface area (Å²) in [5.41, 5.74) is 3.07. The highest BCUT2D eigenvalue weighted by Gasteiger charge is 2.33. The van der Waals surface area contributed by atoms with Gasteiger partial charge in [0.05, 0.1) is 12.2 Å². The zero-order chi connectivity index (χ0) is 18.8. The molecule has 3 aromatic rings. The van der Waals surface area contributed by atoms with Gasteiger partial charge in [0.25, 0.3) is 5.91 Å². The van der Waals surface area contributed by atoms with Crippen LogP contribution in [-0.2, 0) is 0 Å². The number of nitrogens with one attached hydrogen (secondary N) is 1. The van der Waals surface area contributed by atoms with E-state index in [1.807, 2.05) is 67.6 Å². The number of fused-ring (bicyclic) bond motifs is 1. The van der Waals surface area contributed by atoms with Crippen LogP contribution in [0, 0.1) is 0 Å². The number of carbonyl (C=O) groups excluding carboxylic acids is 1. The molecule has 0 aromatic heterocycles. The van der Waals surface area contributed by atoms with Crippen molar-refractivity contribution >= 4 is 17.3 Å². The number of benzene rings is 3. The fourth-order valence-corrected chi connectivity index (χ4v) is 3.28. The van der Waals surface area contributed by atoms with Gasteiger partial charge < -0.3 is 15.2 Å². The first-order valence-corrected chi connectivity index (χ1v) is 8.88. The Morgan fingerprint density at radius 2 is 1.70 bits per heavy atom. The lowest BCUT2D eigenvalue weighted by Crippen LogP contribution is -2.43. The Morgan fingerprint density at radius 3 is 2.41 bits per heavy atom. The van der Waals surface area contributed by atoms with Gasteiger partial charge in [-0.05, 0) is 61.0 Å². The average molecular weight is 360 g/mol. The number of aromatic hydroxyl groups is 1. The molecule has 0 saturated carbocycles. The van der Waals surface area contributed by atoms with E-state index in [0.29, 0.717) is 12.2 Å². The summed E-state index contributed by atoms with van der Waals surface area (Å²) < 4.78 is 5.51. The Morgan fingerprint density at radius 1 is 1.00 bits per heavy atom. The number of hydrogen-bond acceptors (Lipinski definition) is 4. The van der Waals surface area contributed by atoms with Crippen molar-refractivity contribution in [3.63, 3.8) is 0 Å². The number of rotatable bonds is 4. The van der Waals surface area contributed by atoms with Gasteiger partial charge in [0.15, 0.2) is 0 Å². The van der Waals surface area contributed by atoms with E-state index < -0.39 is 0 Å². The number of phenols is 1. The Labute approximate surface area is 157 Å². The molecular formula is C22H20N2O3. The molecule has 1 aliphatic heterocycles.